The molecular formula is C10H11BrN4. The average molecular weight is 267 g/mol. The van der Waals surface area contributed by atoms with Crippen molar-refractivity contribution in [2.24, 2.45) is 0 Å². The Bertz CT molecular complexity index is 487. The van der Waals surface area contributed by atoms with Gasteiger partial charge in [0.2, 0.25) is 0 Å². The summed E-state index contributed by atoms with van der Waals surface area (Å²) in [6, 6.07) is 3.66. The predicted molar refractivity (Wildman–Crippen MR) is 62.9 cm³/mol. The van der Waals surface area contributed by atoms with Gasteiger partial charge >= 0.3 is 0 Å². The Morgan fingerprint density at radius 3 is 2.53 bits per heavy atom. The maximum atomic E-state index is 5.58. The van der Waals surface area contributed by atoms with Crippen molar-refractivity contribution in [1.82, 2.24) is 14.8 Å². The number of aromatic nitrogens is 3. The molecule has 0 fully saturated rings. The van der Waals surface area contributed by atoms with Crippen LogP contribution in [0.2, 0.25) is 0 Å². The standard InChI is InChI=1S/C10H11BrN4/c1-6-10(11)7(2)15(14-6)9-4-3-8(12)5-13-9/h3-5H,12H2,1-2H3. The molecular weight excluding hydrogens is 256 g/mol. The van der Waals surface area contributed by atoms with Gasteiger partial charge in [0.05, 0.1) is 27.7 Å². The second kappa shape index (κ2) is 3.66. The Morgan fingerprint density at radius 2 is 2.07 bits per heavy atom. The molecule has 2 heterocycles. The first kappa shape index (κ1) is 10.2. The summed E-state index contributed by atoms with van der Waals surface area (Å²) in [5.41, 5.74) is 8.21. The van der Waals surface area contributed by atoms with E-state index >= 15 is 0 Å². The van der Waals surface area contributed by atoms with E-state index in [1.165, 1.54) is 0 Å². The van der Waals surface area contributed by atoms with E-state index in [2.05, 4.69) is 26.0 Å². The predicted octanol–water partition coefficient (Wildman–Crippen LogP) is 2.23. The number of nitrogens with two attached hydrogens (primary N) is 1. The van der Waals surface area contributed by atoms with Gasteiger partial charge in [-0.3, -0.25) is 0 Å². The van der Waals surface area contributed by atoms with Gasteiger partial charge in [0, 0.05) is 0 Å². The molecule has 0 bridgehead atoms. The van der Waals surface area contributed by atoms with Gasteiger partial charge in [-0.05, 0) is 41.9 Å². The first-order chi connectivity index (χ1) is 7.09. The molecule has 0 spiro atoms. The molecule has 0 unspecified atom stereocenters. The van der Waals surface area contributed by atoms with E-state index in [1.807, 2.05) is 26.0 Å². The van der Waals surface area contributed by atoms with Gasteiger partial charge < -0.3 is 5.73 Å². The number of anilines is 1. The van der Waals surface area contributed by atoms with Gasteiger partial charge in [0.25, 0.3) is 0 Å². The Hall–Kier alpha value is -1.36. The monoisotopic (exact) mass is 266 g/mol. The molecule has 15 heavy (non-hydrogen) atoms. The van der Waals surface area contributed by atoms with Crippen molar-refractivity contribution in [1.29, 1.82) is 0 Å². The molecule has 0 amide bonds. The first-order valence-electron chi connectivity index (χ1n) is 4.53. The zero-order chi connectivity index (χ0) is 11.0. The van der Waals surface area contributed by atoms with Crippen molar-refractivity contribution in [3.63, 3.8) is 0 Å². The van der Waals surface area contributed by atoms with Crippen LogP contribution in [0.5, 0.6) is 0 Å². The normalized spacial score (nSPS) is 10.6. The zero-order valence-corrected chi connectivity index (χ0v) is 10.1. The molecule has 4 nitrogen and oxygen atoms in total. The van der Waals surface area contributed by atoms with Gasteiger partial charge in [-0.25, -0.2) is 9.67 Å². The van der Waals surface area contributed by atoms with E-state index in [-0.39, 0.29) is 0 Å². The number of halogens is 1. The molecule has 0 atom stereocenters. The van der Waals surface area contributed by atoms with Gasteiger partial charge in [0.15, 0.2) is 5.82 Å². The van der Waals surface area contributed by atoms with Gasteiger partial charge in [-0.2, -0.15) is 5.10 Å². The Labute approximate surface area is 96.3 Å². The quantitative estimate of drug-likeness (QED) is 0.861. The summed E-state index contributed by atoms with van der Waals surface area (Å²) in [5, 5.41) is 4.38. The smallest absolute Gasteiger partial charge is 0.153 e. The summed E-state index contributed by atoms with van der Waals surface area (Å²) in [6.07, 6.45) is 1.62. The van der Waals surface area contributed by atoms with Crippen LogP contribution in [0.4, 0.5) is 5.69 Å². The van der Waals surface area contributed by atoms with Gasteiger partial charge in [0.1, 0.15) is 0 Å². The first-order valence-corrected chi connectivity index (χ1v) is 5.32. The molecule has 2 aromatic heterocycles. The third-order valence-corrected chi connectivity index (χ3v) is 3.34. The largest absolute Gasteiger partial charge is 0.397 e. The lowest BCUT2D eigenvalue weighted by atomic mass is 10.4. The number of pyridine rings is 1. The van der Waals surface area contributed by atoms with E-state index < -0.39 is 0 Å². The van der Waals surface area contributed by atoms with Gasteiger partial charge in [-0.1, -0.05) is 0 Å². The number of hydrogen-bond donors (Lipinski definition) is 1. The number of nitrogens with zero attached hydrogens (tertiary/aromatic N) is 3. The summed E-state index contributed by atoms with van der Waals surface area (Å²) in [4.78, 5) is 4.22. The highest BCUT2D eigenvalue weighted by Crippen LogP contribution is 2.22. The van der Waals surface area contributed by atoms with E-state index in [0.717, 1.165) is 21.7 Å². The molecule has 0 aliphatic carbocycles. The topological polar surface area (TPSA) is 56.7 Å². The highest BCUT2D eigenvalue weighted by atomic mass is 79.9. The van der Waals surface area contributed by atoms with E-state index in [9.17, 15) is 0 Å². The van der Waals surface area contributed by atoms with E-state index in [4.69, 9.17) is 5.73 Å². The molecule has 2 rings (SSSR count). The van der Waals surface area contributed by atoms with Gasteiger partial charge in [-0.15, -0.1) is 0 Å². The fourth-order valence-electron chi connectivity index (χ4n) is 1.37. The number of rotatable bonds is 1. The number of aryl methyl sites for hydroxylation is 1. The minimum absolute atomic E-state index is 0.652. The third-order valence-electron chi connectivity index (χ3n) is 2.19. The minimum Gasteiger partial charge on any atom is -0.397 e. The molecule has 0 saturated heterocycles. The maximum Gasteiger partial charge on any atom is 0.153 e. The Kier molecular flexibility index (Phi) is 2.48. The molecule has 5 heteroatoms. The van der Waals surface area contributed by atoms with Crippen molar-refractivity contribution in [2.75, 3.05) is 5.73 Å². The highest BCUT2D eigenvalue weighted by Gasteiger charge is 2.10. The highest BCUT2D eigenvalue weighted by molar-refractivity contribution is 9.10. The molecule has 2 N–H and O–H groups in total. The van der Waals surface area contributed by atoms with Crippen molar-refractivity contribution in [3.8, 4) is 5.82 Å². The molecule has 2 aromatic rings. The third kappa shape index (κ3) is 1.74. The summed E-state index contributed by atoms with van der Waals surface area (Å²) < 4.78 is 2.81. The molecule has 0 aliphatic heterocycles. The fourth-order valence-corrected chi connectivity index (χ4v) is 1.62. The zero-order valence-electron chi connectivity index (χ0n) is 8.53. The van der Waals surface area contributed by atoms with Crippen LogP contribution in [0.3, 0.4) is 0 Å². The fraction of sp³-hybridized carbons (Fsp3) is 0.200. The lowest BCUT2D eigenvalue weighted by Crippen LogP contribution is -2.02. The molecule has 0 saturated carbocycles. The lowest BCUT2D eigenvalue weighted by molar-refractivity contribution is 0.806. The summed E-state index contributed by atoms with van der Waals surface area (Å²) >= 11 is 3.48. The summed E-state index contributed by atoms with van der Waals surface area (Å²) in [7, 11) is 0. The molecule has 0 aliphatic rings. The van der Waals surface area contributed by atoms with E-state index in [0.29, 0.717) is 5.69 Å². The van der Waals surface area contributed by atoms with Crippen LogP contribution in [0, 0.1) is 13.8 Å². The molecule has 78 valence electrons. The average Bonchev–Trinajstić information content (AvgIpc) is 2.47. The minimum atomic E-state index is 0.652. The van der Waals surface area contributed by atoms with Crippen molar-refractivity contribution in [2.45, 2.75) is 13.8 Å². The second-order valence-corrected chi connectivity index (χ2v) is 4.14. The van der Waals surface area contributed by atoms with Crippen LogP contribution >= 0.6 is 15.9 Å². The number of hydrogen-bond acceptors (Lipinski definition) is 3. The summed E-state index contributed by atoms with van der Waals surface area (Å²) in [5.74, 6) is 0.774. The second-order valence-electron chi connectivity index (χ2n) is 3.35. The molecule has 0 radical (unpaired) electrons. The molecule has 0 aromatic carbocycles. The van der Waals surface area contributed by atoms with E-state index in [1.54, 1.807) is 10.9 Å². The van der Waals surface area contributed by atoms with Crippen LogP contribution in [0.15, 0.2) is 22.8 Å². The Morgan fingerprint density at radius 1 is 1.33 bits per heavy atom. The van der Waals surface area contributed by atoms with Crippen molar-refractivity contribution >= 4 is 21.6 Å². The van der Waals surface area contributed by atoms with Crippen molar-refractivity contribution < 1.29 is 0 Å². The Balaban J connectivity index is 2.54. The van der Waals surface area contributed by atoms with Crippen LogP contribution in [0.1, 0.15) is 11.4 Å². The maximum absolute atomic E-state index is 5.58. The SMILES string of the molecule is Cc1nn(-c2ccc(N)cn2)c(C)c1Br. The number of nitrogen functional groups attached to an aromatic ring is 1. The lowest BCUT2D eigenvalue weighted by Gasteiger charge is -2.02. The van der Waals surface area contributed by atoms with Crippen LogP contribution in [0.25, 0.3) is 5.82 Å². The van der Waals surface area contributed by atoms with Crippen LogP contribution < -0.4 is 5.73 Å². The summed E-state index contributed by atoms with van der Waals surface area (Å²) in [6.45, 7) is 3.94. The van der Waals surface area contributed by atoms with Crippen LogP contribution in [-0.2, 0) is 0 Å². The van der Waals surface area contributed by atoms with Crippen LogP contribution in [-0.4, -0.2) is 14.8 Å². The van der Waals surface area contributed by atoms with Crippen molar-refractivity contribution in [3.05, 3.63) is 34.2 Å².